The fourth-order valence-electron chi connectivity index (χ4n) is 5.25. The largest absolute Gasteiger partial charge is 0.459 e. The van der Waals surface area contributed by atoms with Crippen molar-refractivity contribution in [3.05, 3.63) is 124 Å². The van der Waals surface area contributed by atoms with E-state index in [1.807, 2.05) is 6.40 Å². The normalized spacial score (nSPS) is 19.9. The van der Waals surface area contributed by atoms with E-state index in [1.54, 1.807) is 54.6 Å². The van der Waals surface area contributed by atoms with Gasteiger partial charge < -0.3 is 18.9 Å². The fraction of sp³-hybridized carbons (Fsp3) is 0.171. The molecule has 0 spiro atoms. The highest BCUT2D eigenvalue weighted by molar-refractivity contribution is 5.91. The first kappa shape index (κ1) is 31.0. The minimum Gasteiger partial charge on any atom is -0.459 e. The van der Waals surface area contributed by atoms with E-state index in [0.29, 0.717) is 0 Å². The Bertz CT molecular complexity index is 2180. The lowest BCUT2D eigenvalue weighted by Gasteiger charge is -2.33. The summed E-state index contributed by atoms with van der Waals surface area (Å²) in [7, 11) is 0. The monoisotopic (exact) mass is 662 g/mol. The van der Waals surface area contributed by atoms with Gasteiger partial charge in [0.1, 0.15) is 14.1 Å². The molecule has 0 aliphatic carbocycles. The number of hydrogen-bond acceptors (Lipinski definition) is 11. The van der Waals surface area contributed by atoms with Crippen LogP contribution in [0.5, 0.6) is 0 Å². The number of anilines is 1. The molecule has 49 heavy (non-hydrogen) atoms. The molecule has 2 N–H and O–H groups in total. The molecule has 1 fully saturated rings. The molecule has 4 atom stereocenters. The van der Waals surface area contributed by atoms with Crippen molar-refractivity contribution in [3.63, 3.8) is 0 Å². The molecule has 14 heteroatoms. The molecular weight excluding hydrogens is 634 g/mol. The zero-order valence-electron chi connectivity index (χ0n) is 26.7. The summed E-state index contributed by atoms with van der Waals surface area (Å²) in [6.07, 6.45) is -1.50. The summed E-state index contributed by atoms with van der Waals surface area (Å²) in [5, 5.41) is 2.40. The Hall–Kier alpha value is -6.59. The number of aromatic amines is 1. The van der Waals surface area contributed by atoms with Crippen molar-refractivity contribution in [2.75, 3.05) is 11.9 Å². The number of terminal acetylenes is 1. The molecule has 1 unspecified atom stereocenters. The number of aromatic nitrogens is 4. The average Bonchev–Trinajstić information content (AvgIpc) is 3.67. The van der Waals surface area contributed by atoms with Crippen LogP contribution in [0, 0.1) is 12.3 Å². The molecule has 14 nitrogen and oxygen atoms in total. The second kappa shape index (κ2) is 13.6. The molecule has 5 aromatic rings. The summed E-state index contributed by atoms with van der Waals surface area (Å²) in [4.78, 5) is 76.1. The fourth-order valence-corrected chi connectivity index (χ4v) is 5.25. The Morgan fingerprint density at radius 2 is 1.55 bits per heavy atom. The van der Waals surface area contributed by atoms with Crippen molar-refractivity contribution in [1.82, 2.24) is 19.5 Å². The van der Waals surface area contributed by atoms with E-state index in [0.717, 1.165) is 0 Å². The van der Waals surface area contributed by atoms with Crippen molar-refractivity contribution in [3.8, 4) is 12.3 Å². The Kier molecular flexibility index (Phi) is 8.64. The topological polar surface area (TPSA) is 181 Å². The minimum absolute atomic E-state index is 0.0940. The highest BCUT2D eigenvalue weighted by Crippen LogP contribution is 2.43. The highest BCUT2D eigenvalue weighted by Gasteiger charge is 2.63. The maximum absolute atomic E-state index is 13.7. The number of esters is 3. The molecule has 0 saturated carbocycles. The van der Waals surface area contributed by atoms with Crippen LogP contribution >= 0.6 is 0 Å². The van der Waals surface area contributed by atoms with E-state index in [4.69, 9.17) is 20.3 Å². The Morgan fingerprint density at radius 3 is 2.14 bits per heavy atom. The van der Waals surface area contributed by atoms with Crippen LogP contribution in [-0.2, 0) is 23.7 Å². The SMILES string of the molecule is [2H]C#C[C@@]1(OC(=O)c2ccccc2)[C@@H](COC(=O)c2ccccc2)OC(n2cnc3c(=O)[nH]c(NC(C)=O)nc32)[C@@H]1OC(=O)c1ccccc1. The van der Waals surface area contributed by atoms with Gasteiger partial charge in [0.15, 0.2) is 17.4 Å². The summed E-state index contributed by atoms with van der Waals surface area (Å²) in [6.45, 7) is 0.620. The zero-order valence-corrected chi connectivity index (χ0v) is 25.7. The second-order valence-corrected chi connectivity index (χ2v) is 10.8. The summed E-state index contributed by atoms with van der Waals surface area (Å²) in [5.74, 6) is -0.724. The van der Waals surface area contributed by atoms with Gasteiger partial charge in [0.05, 0.1) is 23.0 Å². The van der Waals surface area contributed by atoms with E-state index >= 15 is 0 Å². The van der Waals surface area contributed by atoms with Crippen LogP contribution in [0.4, 0.5) is 5.95 Å². The van der Waals surface area contributed by atoms with Crippen molar-refractivity contribution in [1.29, 1.82) is 0 Å². The number of nitrogens with zero attached hydrogens (tertiary/aromatic N) is 3. The van der Waals surface area contributed by atoms with Crippen molar-refractivity contribution in [2.45, 2.75) is 31.0 Å². The first-order chi connectivity index (χ1) is 24.2. The highest BCUT2D eigenvalue weighted by atomic mass is 16.7. The second-order valence-electron chi connectivity index (χ2n) is 10.8. The average molecular weight is 663 g/mol. The number of carbonyl (C=O) groups excluding carboxylic acids is 4. The summed E-state index contributed by atoms with van der Waals surface area (Å²) in [5.41, 5.74) is -2.88. The van der Waals surface area contributed by atoms with E-state index in [2.05, 4.69) is 26.2 Å². The number of rotatable bonds is 9. The van der Waals surface area contributed by atoms with Crippen LogP contribution < -0.4 is 10.9 Å². The lowest BCUT2D eigenvalue weighted by atomic mass is 9.92. The lowest BCUT2D eigenvalue weighted by molar-refractivity contribution is -0.114. The maximum Gasteiger partial charge on any atom is 0.339 e. The molecule has 2 aromatic heterocycles. The van der Waals surface area contributed by atoms with Crippen LogP contribution in [0.3, 0.4) is 0 Å². The summed E-state index contributed by atoms with van der Waals surface area (Å²) < 4.78 is 33.3. The zero-order chi connectivity index (χ0) is 35.3. The molecule has 0 bridgehead atoms. The van der Waals surface area contributed by atoms with Gasteiger partial charge >= 0.3 is 17.9 Å². The van der Waals surface area contributed by atoms with Gasteiger partial charge in [-0.2, -0.15) is 4.98 Å². The van der Waals surface area contributed by atoms with Crippen molar-refractivity contribution >= 4 is 40.9 Å². The molecule has 3 heterocycles. The van der Waals surface area contributed by atoms with Crippen molar-refractivity contribution < 1.29 is 39.5 Å². The number of carbonyl (C=O) groups is 4. The van der Waals surface area contributed by atoms with Crippen molar-refractivity contribution in [2.24, 2.45) is 0 Å². The number of imidazole rings is 1. The van der Waals surface area contributed by atoms with Gasteiger partial charge in [0.25, 0.3) is 5.56 Å². The van der Waals surface area contributed by atoms with Gasteiger partial charge in [-0.15, -0.1) is 6.40 Å². The third-order valence-corrected chi connectivity index (χ3v) is 7.55. The number of H-pyrrole nitrogens is 1. The maximum atomic E-state index is 13.7. The quantitative estimate of drug-likeness (QED) is 0.134. The number of ether oxygens (including phenoxy) is 4. The molecule has 6 rings (SSSR count). The van der Waals surface area contributed by atoms with Crippen LogP contribution in [0.15, 0.2) is 102 Å². The first-order valence-corrected chi connectivity index (χ1v) is 14.8. The number of amides is 1. The molecule has 0 radical (unpaired) electrons. The predicted octanol–water partition coefficient (Wildman–Crippen LogP) is 3.29. The number of benzene rings is 3. The summed E-state index contributed by atoms with van der Waals surface area (Å²) >= 11 is 0. The molecule has 1 amide bonds. The number of nitrogens with one attached hydrogen (secondary N) is 2. The van der Waals surface area contributed by atoms with Gasteiger partial charge in [-0.1, -0.05) is 60.5 Å². The number of hydrogen-bond donors (Lipinski definition) is 2. The Morgan fingerprint density at radius 1 is 0.959 bits per heavy atom. The molecular formula is C35H27N5O9. The van der Waals surface area contributed by atoms with Crippen LogP contribution in [0.25, 0.3) is 11.2 Å². The molecule has 1 saturated heterocycles. The third-order valence-electron chi connectivity index (χ3n) is 7.55. The van der Waals surface area contributed by atoms with Crippen LogP contribution in [0.1, 0.15) is 45.6 Å². The Balaban J connectivity index is 1.50. The third kappa shape index (κ3) is 6.51. The van der Waals surface area contributed by atoms with Crippen LogP contribution in [0.2, 0.25) is 0 Å². The smallest absolute Gasteiger partial charge is 0.339 e. The van der Waals surface area contributed by atoms with E-state index < -0.39 is 60.0 Å². The lowest BCUT2D eigenvalue weighted by Crippen LogP contribution is -2.53. The minimum atomic E-state index is -2.29. The first-order valence-electron chi connectivity index (χ1n) is 15.3. The number of fused-ring (bicyclic) bond motifs is 1. The Labute approximate surface area is 279 Å². The predicted molar refractivity (Wildman–Crippen MR) is 172 cm³/mol. The van der Waals surface area contributed by atoms with Gasteiger partial charge in [-0.25, -0.2) is 19.4 Å². The summed E-state index contributed by atoms with van der Waals surface area (Å²) in [6, 6.07) is 23.8. The van der Waals surface area contributed by atoms with Crippen LogP contribution in [-0.4, -0.2) is 67.7 Å². The standard InChI is InChI=1S/C35H27N5O9/c1-3-35(49-33(45)24-17-11-6-12-18-24)25(19-46-31(43)22-13-7-4-8-14-22)47-30(27(35)48-32(44)23-15-9-5-10-16-23)40-20-36-26-28(40)38-34(37-21(2)41)39-29(26)42/h1,4-18,20,25,27,30H,19H2,2H3,(H2,37,38,39,41,42)/t25-,27+,30?,35-/m1/s1/i1D. The molecule has 1 aliphatic rings. The van der Waals surface area contributed by atoms with Gasteiger partial charge in [-0.05, 0) is 36.4 Å². The van der Waals surface area contributed by atoms with Gasteiger partial charge in [0, 0.05) is 6.92 Å². The van der Waals surface area contributed by atoms with Gasteiger partial charge in [-0.3, -0.25) is 24.5 Å². The molecule has 246 valence electrons. The molecule has 1 aliphatic heterocycles. The molecule has 3 aromatic carbocycles. The van der Waals surface area contributed by atoms with E-state index in [-0.39, 0.29) is 33.8 Å². The van der Waals surface area contributed by atoms with E-state index in [9.17, 15) is 24.0 Å². The van der Waals surface area contributed by atoms with Gasteiger partial charge in [0.2, 0.25) is 23.6 Å². The van der Waals surface area contributed by atoms with E-state index in [1.165, 1.54) is 54.2 Å².